The highest BCUT2D eigenvalue weighted by Gasteiger charge is 2.63. The third kappa shape index (κ3) is 6.45. The highest BCUT2D eigenvalue weighted by atomic mass is 19.4. The van der Waals surface area contributed by atoms with Crippen molar-refractivity contribution in [2.45, 2.75) is 121 Å². The van der Waals surface area contributed by atoms with Gasteiger partial charge in [-0.2, -0.15) is 13.2 Å². The lowest BCUT2D eigenvalue weighted by Gasteiger charge is -2.47. The summed E-state index contributed by atoms with van der Waals surface area (Å²) in [4.78, 5) is 56.6. The van der Waals surface area contributed by atoms with E-state index in [1.54, 1.807) is 44.4 Å². The fourth-order valence-electron chi connectivity index (χ4n) is 7.42. The molecule has 244 valence electrons. The maximum Gasteiger partial charge on any atom is 0.471 e. The van der Waals surface area contributed by atoms with Gasteiger partial charge in [-0.3, -0.25) is 14.4 Å². The summed E-state index contributed by atoms with van der Waals surface area (Å²) in [6, 6.07) is -2.48. The number of halogens is 3. The molecule has 43 heavy (non-hydrogen) atoms. The Bertz CT molecular complexity index is 1110. The topological polar surface area (TPSA) is 115 Å². The monoisotopic (exact) mass is 619 g/mol. The molecule has 4 aliphatic rings. The molecular weight excluding hydrogens is 575 g/mol. The van der Waals surface area contributed by atoms with Crippen molar-refractivity contribution in [3.05, 3.63) is 0 Å². The van der Waals surface area contributed by atoms with Crippen LogP contribution in [-0.4, -0.2) is 120 Å². The zero-order valence-corrected chi connectivity index (χ0v) is 26.0. The Labute approximate surface area is 250 Å². The molecule has 1 saturated carbocycles. The number of likely N-dealkylation sites (tertiary alicyclic amines) is 2. The summed E-state index contributed by atoms with van der Waals surface area (Å²) < 4.78 is 64.1. The largest absolute Gasteiger partial charge is 0.471 e. The van der Waals surface area contributed by atoms with Gasteiger partial charge in [-0.25, -0.2) is 4.79 Å². The molecule has 0 aromatic heterocycles. The molecule has 3 aliphatic heterocycles. The number of ether oxygens (including phenoxy) is 4. The number of carbonyl (C=O) groups is 4. The number of hydrogen-bond donors (Lipinski definition) is 0. The van der Waals surface area contributed by atoms with Gasteiger partial charge in [-0.15, -0.1) is 0 Å². The van der Waals surface area contributed by atoms with Gasteiger partial charge in [0, 0.05) is 39.8 Å². The van der Waals surface area contributed by atoms with E-state index in [0.717, 1.165) is 4.90 Å². The molecule has 0 unspecified atom stereocenters. The molecule has 0 radical (unpaired) electrons. The van der Waals surface area contributed by atoms with E-state index in [4.69, 9.17) is 18.9 Å². The molecule has 11 nitrogen and oxygen atoms in total. The minimum atomic E-state index is -5.14. The molecule has 2 bridgehead atoms. The number of nitrogens with zero attached hydrogens (tertiary/aromatic N) is 3. The van der Waals surface area contributed by atoms with E-state index in [2.05, 4.69) is 0 Å². The molecular formula is C29H44F3N3O8. The lowest BCUT2D eigenvalue weighted by atomic mass is 9.70. The van der Waals surface area contributed by atoms with E-state index in [1.807, 2.05) is 0 Å². The number of alkyl halides is 3. The molecule has 3 heterocycles. The third-order valence-electron chi connectivity index (χ3n) is 9.38. The first-order valence-corrected chi connectivity index (χ1v) is 14.8. The summed E-state index contributed by atoms with van der Waals surface area (Å²) in [6.45, 7) is 10.4. The second-order valence-electron chi connectivity index (χ2n) is 13.6. The van der Waals surface area contributed by atoms with E-state index >= 15 is 0 Å². The molecule has 0 aromatic rings. The molecule has 0 aromatic carbocycles. The van der Waals surface area contributed by atoms with E-state index in [0.29, 0.717) is 6.42 Å². The number of rotatable bonds is 6. The average Bonchev–Trinajstić information content (AvgIpc) is 3.62. The minimum Gasteiger partial charge on any atom is -0.459 e. The zero-order valence-electron chi connectivity index (χ0n) is 26.0. The van der Waals surface area contributed by atoms with Crippen molar-refractivity contribution in [2.75, 3.05) is 33.4 Å². The van der Waals surface area contributed by atoms with Crippen LogP contribution in [0.3, 0.4) is 0 Å². The number of piperazine rings is 1. The zero-order chi connectivity index (χ0) is 32.1. The SMILES string of the molecule is CO[C@@H]1COCC[C@@H]1N(C(=O)C(F)(F)F)[C@@H]1CC[C@@](C(=O)N2C[C@H]3C[C@@H]2CN3C(=O)OC(C)(C)C)(C(C)(C)OC(C)=O)C1. The molecule has 0 N–H and O–H groups in total. The van der Waals surface area contributed by atoms with Gasteiger partial charge in [0.15, 0.2) is 0 Å². The van der Waals surface area contributed by atoms with Crippen molar-refractivity contribution in [3.63, 3.8) is 0 Å². The minimum absolute atomic E-state index is 0.0313. The Morgan fingerprint density at radius 3 is 2.12 bits per heavy atom. The van der Waals surface area contributed by atoms with E-state index in [9.17, 15) is 32.3 Å². The lowest BCUT2D eigenvalue weighted by Crippen LogP contribution is -2.61. The summed E-state index contributed by atoms with van der Waals surface area (Å²) in [7, 11) is 1.36. The van der Waals surface area contributed by atoms with Crippen LogP contribution in [-0.2, 0) is 33.3 Å². The standard InChI is InChI=1S/C29H44F3N3O8/c1-17(36)42-27(5,6)28(23(37)33-14-20-12-19(33)15-34(20)25(39)43-26(2,3)4)10-8-18(13-28)35(24(38)29(30,31)32)21-9-11-41-16-22(21)40-7/h18-22H,8-16H2,1-7H3/t18-,19-,20-,21+,22-,28-/m1/s1. The van der Waals surface area contributed by atoms with Crippen molar-refractivity contribution in [2.24, 2.45) is 5.41 Å². The summed E-state index contributed by atoms with van der Waals surface area (Å²) in [5.74, 6) is -2.98. The van der Waals surface area contributed by atoms with Crippen LogP contribution in [0.1, 0.15) is 73.6 Å². The van der Waals surface area contributed by atoms with Gasteiger partial charge >= 0.3 is 24.1 Å². The maximum absolute atomic E-state index is 14.6. The highest BCUT2D eigenvalue weighted by molar-refractivity contribution is 5.87. The Morgan fingerprint density at radius 2 is 1.58 bits per heavy atom. The second kappa shape index (κ2) is 11.7. The molecule has 0 spiro atoms. The van der Waals surface area contributed by atoms with Crippen molar-refractivity contribution < 1.29 is 51.3 Å². The summed E-state index contributed by atoms with van der Waals surface area (Å²) in [5.41, 5.74) is -3.50. The maximum atomic E-state index is 14.6. The van der Waals surface area contributed by atoms with Crippen LogP contribution in [0.2, 0.25) is 0 Å². The number of carbonyl (C=O) groups excluding carboxylic acids is 4. The van der Waals surface area contributed by atoms with Crippen molar-refractivity contribution in [1.29, 1.82) is 0 Å². The normalized spacial score (nSPS) is 31.3. The van der Waals surface area contributed by atoms with Crippen molar-refractivity contribution >= 4 is 23.9 Å². The molecule has 1 aliphatic carbocycles. The van der Waals surface area contributed by atoms with E-state index in [-0.39, 0.29) is 70.0 Å². The third-order valence-corrected chi connectivity index (χ3v) is 9.38. The van der Waals surface area contributed by atoms with E-state index < -0.39 is 59.0 Å². The molecule has 4 rings (SSSR count). The van der Waals surface area contributed by atoms with Gasteiger partial charge in [0.25, 0.3) is 0 Å². The number of esters is 1. The van der Waals surface area contributed by atoms with Gasteiger partial charge in [-0.05, 0) is 66.7 Å². The van der Waals surface area contributed by atoms with Gasteiger partial charge in [0.1, 0.15) is 17.3 Å². The number of amides is 3. The molecule has 3 amide bonds. The highest BCUT2D eigenvalue weighted by Crippen LogP contribution is 2.53. The number of hydrogen-bond acceptors (Lipinski definition) is 8. The van der Waals surface area contributed by atoms with Gasteiger partial charge < -0.3 is 33.6 Å². The van der Waals surface area contributed by atoms with Crippen molar-refractivity contribution in [1.82, 2.24) is 14.7 Å². The van der Waals surface area contributed by atoms with Gasteiger partial charge in [0.05, 0.1) is 30.1 Å². The van der Waals surface area contributed by atoms with Crippen LogP contribution in [0.25, 0.3) is 0 Å². The molecule has 14 heteroatoms. The van der Waals surface area contributed by atoms with Crippen LogP contribution >= 0.6 is 0 Å². The fraction of sp³-hybridized carbons (Fsp3) is 0.862. The fourth-order valence-corrected chi connectivity index (χ4v) is 7.42. The van der Waals surface area contributed by atoms with Crippen LogP contribution < -0.4 is 0 Å². The predicted octanol–water partition coefficient (Wildman–Crippen LogP) is 3.28. The van der Waals surface area contributed by atoms with Crippen LogP contribution in [0.15, 0.2) is 0 Å². The van der Waals surface area contributed by atoms with Crippen LogP contribution in [0.4, 0.5) is 18.0 Å². The van der Waals surface area contributed by atoms with Gasteiger partial charge in [-0.1, -0.05) is 0 Å². The number of fused-ring (bicyclic) bond motifs is 2. The first-order valence-electron chi connectivity index (χ1n) is 14.8. The Kier molecular flexibility index (Phi) is 9.07. The first kappa shape index (κ1) is 33.3. The summed E-state index contributed by atoms with van der Waals surface area (Å²) >= 11 is 0. The first-order chi connectivity index (χ1) is 19.8. The lowest BCUT2D eigenvalue weighted by molar-refractivity contribution is -0.198. The number of methoxy groups -OCH3 is 1. The Hall–Kier alpha value is -2.61. The average molecular weight is 620 g/mol. The van der Waals surface area contributed by atoms with Crippen LogP contribution in [0.5, 0.6) is 0 Å². The molecule has 4 fully saturated rings. The van der Waals surface area contributed by atoms with Crippen LogP contribution in [0, 0.1) is 5.41 Å². The van der Waals surface area contributed by atoms with Crippen molar-refractivity contribution in [3.8, 4) is 0 Å². The Balaban J connectivity index is 1.65. The molecule has 6 atom stereocenters. The summed E-state index contributed by atoms with van der Waals surface area (Å²) in [6.07, 6.45) is -5.65. The quantitative estimate of drug-likeness (QED) is 0.417. The molecule has 3 saturated heterocycles. The van der Waals surface area contributed by atoms with E-state index in [1.165, 1.54) is 14.0 Å². The second-order valence-corrected chi connectivity index (χ2v) is 13.6. The summed E-state index contributed by atoms with van der Waals surface area (Å²) in [5, 5.41) is 0. The predicted molar refractivity (Wildman–Crippen MR) is 146 cm³/mol. The van der Waals surface area contributed by atoms with Gasteiger partial charge in [0.2, 0.25) is 5.91 Å². The smallest absolute Gasteiger partial charge is 0.459 e. The Morgan fingerprint density at radius 1 is 0.953 bits per heavy atom.